The average molecular weight is 535 g/mol. The van der Waals surface area contributed by atoms with Crippen LogP contribution in [0.2, 0.25) is 0 Å². The first kappa shape index (κ1) is 30.6. The SMILES string of the molecule is C[C@H](NC(=O)[C@@H](C)O[C@@H]1C[C@H]1NC(=O)OC(C)(C)C)C(=O)NC(CCC(=O)OCc1ccccc1)C(N)=O. The van der Waals surface area contributed by atoms with Gasteiger partial charge in [-0.05, 0) is 53.0 Å². The number of primary amides is 1. The van der Waals surface area contributed by atoms with E-state index in [4.69, 9.17) is 19.9 Å². The fourth-order valence-electron chi connectivity index (χ4n) is 3.31. The molecule has 1 unspecified atom stereocenters. The normalized spacial score (nSPS) is 18.8. The maximum atomic E-state index is 12.5. The number of carbonyl (C=O) groups is 5. The molecule has 0 bridgehead atoms. The van der Waals surface area contributed by atoms with Gasteiger partial charge in [-0.15, -0.1) is 0 Å². The van der Waals surface area contributed by atoms with Crippen molar-refractivity contribution in [2.75, 3.05) is 0 Å². The van der Waals surface area contributed by atoms with Gasteiger partial charge in [-0.1, -0.05) is 30.3 Å². The summed E-state index contributed by atoms with van der Waals surface area (Å²) in [5.74, 6) is -2.55. The van der Waals surface area contributed by atoms with Crippen molar-refractivity contribution in [3.8, 4) is 0 Å². The quantitative estimate of drug-likeness (QED) is 0.272. The monoisotopic (exact) mass is 534 g/mol. The van der Waals surface area contributed by atoms with E-state index in [1.807, 2.05) is 30.3 Å². The van der Waals surface area contributed by atoms with Crippen LogP contribution in [0.15, 0.2) is 30.3 Å². The standard InChI is InChI=1S/C26H38N4O8/c1-15(28-24(34)16(2)37-20-13-19(20)30-25(35)38-26(3,4)5)23(33)29-18(22(27)32)11-12-21(31)36-14-17-9-7-6-8-10-17/h6-10,15-16,18-20H,11-14H2,1-5H3,(H2,27,32)(H,28,34)(H,29,33)(H,30,35)/t15-,16+,18?,19+,20+/m0/s1. The van der Waals surface area contributed by atoms with Gasteiger partial charge in [0.05, 0.1) is 12.1 Å². The number of alkyl carbamates (subject to hydrolysis) is 1. The summed E-state index contributed by atoms with van der Waals surface area (Å²) in [4.78, 5) is 60.7. The lowest BCUT2D eigenvalue weighted by molar-refractivity contribution is -0.145. The molecule has 0 spiro atoms. The smallest absolute Gasteiger partial charge is 0.407 e. The van der Waals surface area contributed by atoms with E-state index in [0.29, 0.717) is 6.42 Å². The molecule has 38 heavy (non-hydrogen) atoms. The lowest BCUT2D eigenvalue weighted by Gasteiger charge is -2.21. The second kappa shape index (κ2) is 13.8. The fraction of sp³-hybridized carbons (Fsp3) is 0.577. The van der Waals surface area contributed by atoms with Crippen molar-refractivity contribution >= 4 is 29.8 Å². The molecule has 1 fully saturated rings. The highest BCUT2D eigenvalue weighted by atomic mass is 16.6. The summed E-state index contributed by atoms with van der Waals surface area (Å²) in [5.41, 5.74) is 5.57. The Morgan fingerprint density at radius 1 is 1.03 bits per heavy atom. The first-order valence-electron chi connectivity index (χ1n) is 12.5. The van der Waals surface area contributed by atoms with Gasteiger partial charge in [0.2, 0.25) is 17.7 Å². The van der Waals surface area contributed by atoms with Crippen molar-refractivity contribution in [3.05, 3.63) is 35.9 Å². The van der Waals surface area contributed by atoms with Gasteiger partial charge in [-0.3, -0.25) is 19.2 Å². The van der Waals surface area contributed by atoms with Crippen LogP contribution in [0.1, 0.15) is 59.4 Å². The van der Waals surface area contributed by atoms with E-state index in [2.05, 4.69) is 16.0 Å². The minimum absolute atomic E-state index is 0.0530. The van der Waals surface area contributed by atoms with Gasteiger partial charge in [0.1, 0.15) is 30.4 Å². The van der Waals surface area contributed by atoms with Crippen LogP contribution in [0.4, 0.5) is 4.79 Å². The Bertz CT molecular complexity index is 995. The van der Waals surface area contributed by atoms with E-state index in [9.17, 15) is 24.0 Å². The minimum atomic E-state index is -1.12. The van der Waals surface area contributed by atoms with Gasteiger partial charge in [0.15, 0.2) is 0 Å². The van der Waals surface area contributed by atoms with E-state index in [1.54, 1.807) is 20.8 Å². The lowest BCUT2D eigenvalue weighted by Crippen LogP contribution is -2.53. The second-order valence-corrected chi connectivity index (χ2v) is 10.2. The lowest BCUT2D eigenvalue weighted by atomic mass is 10.1. The number of nitrogens with one attached hydrogen (secondary N) is 3. The summed E-state index contributed by atoms with van der Waals surface area (Å²) in [6.07, 6.45) is -1.47. The molecule has 1 saturated carbocycles. The minimum Gasteiger partial charge on any atom is -0.461 e. The van der Waals surface area contributed by atoms with Crippen LogP contribution in [0, 0.1) is 0 Å². The third-order valence-electron chi connectivity index (χ3n) is 5.47. The number of benzene rings is 1. The highest BCUT2D eigenvalue weighted by Gasteiger charge is 2.42. The number of nitrogens with two attached hydrogens (primary N) is 1. The summed E-state index contributed by atoms with van der Waals surface area (Å²) in [7, 11) is 0. The first-order chi connectivity index (χ1) is 17.7. The molecule has 0 aromatic heterocycles. The molecule has 12 nitrogen and oxygen atoms in total. The molecule has 0 heterocycles. The van der Waals surface area contributed by atoms with Crippen molar-refractivity contribution in [2.24, 2.45) is 5.73 Å². The molecule has 5 N–H and O–H groups in total. The zero-order valence-corrected chi connectivity index (χ0v) is 22.4. The third kappa shape index (κ3) is 11.2. The van der Waals surface area contributed by atoms with Crippen LogP contribution in [-0.4, -0.2) is 65.7 Å². The molecular weight excluding hydrogens is 496 g/mol. The molecule has 0 saturated heterocycles. The summed E-state index contributed by atoms with van der Waals surface area (Å²) in [5, 5.41) is 7.64. The molecule has 12 heteroatoms. The summed E-state index contributed by atoms with van der Waals surface area (Å²) in [6.45, 7) is 8.32. The van der Waals surface area contributed by atoms with Gasteiger partial charge in [0, 0.05) is 6.42 Å². The first-order valence-corrected chi connectivity index (χ1v) is 12.5. The third-order valence-corrected chi connectivity index (χ3v) is 5.47. The maximum absolute atomic E-state index is 12.5. The molecule has 1 aliphatic carbocycles. The predicted octanol–water partition coefficient (Wildman–Crippen LogP) is 1.06. The molecular formula is C26H38N4O8. The Labute approximate surface area is 222 Å². The summed E-state index contributed by atoms with van der Waals surface area (Å²) >= 11 is 0. The van der Waals surface area contributed by atoms with Crippen molar-refractivity contribution in [1.82, 2.24) is 16.0 Å². The van der Waals surface area contributed by atoms with Crippen LogP contribution in [0.25, 0.3) is 0 Å². The van der Waals surface area contributed by atoms with Crippen LogP contribution < -0.4 is 21.7 Å². The molecule has 2 rings (SSSR count). The number of hydrogen-bond acceptors (Lipinski definition) is 8. The molecule has 5 atom stereocenters. The van der Waals surface area contributed by atoms with Crippen LogP contribution in [-0.2, 0) is 40.0 Å². The molecule has 1 aromatic carbocycles. The van der Waals surface area contributed by atoms with Gasteiger partial charge in [-0.2, -0.15) is 0 Å². The Hall–Kier alpha value is -3.67. The highest BCUT2D eigenvalue weighted by molar-refractivity contribution is 5.92. The van der Waals surface area contributed by atoms with E-state index in [1.165, 1.54) is 13.8 Å². The van der Waals surface area contributed by atoms with E-state index in [-0.39, 0.29) is 31.6 Å². The van der Waals surface area contributed by atoms with Crippen molar-refractivity contribution in [2.45, 2.75) is 96.4 Å². The number of hydrogen-bond donors (Lipinski definition) is 4. The number of ether oxygens (including phenoxy) is 3. The van der Waals surface area contributed by atoms with E-state index < -0.39 is 53.6 Å². The van der Waals surface area contributed by atoms with E-state index >= 15 is 0 Å². The topological polar surface area (TPSA) is 175 Å². The summed E-state index contributed by atoms with van der Waals surface area (Å²) in [6, 6.07) is 6.72. The van der Waals surface area contributed by atoms with Gasteiger partial charge < -0.3 is 35.9 Å². The second-order valence-electron chi connectivity index (χ2n) is 10.2. The Balaban J connectivity index is 1.72. The van der Waals surface area contributed by atoms with Crippen molar-refractivity contribution < 1.29 is 38.2 Å². The molecule has 1 aromatic rings. The molecule has 0 aliphatic heterocycles. The molecule has 4 amide bonds. The molecule has 0 radical (unpaired) electrons. The highest BCUT2D eigenvalue weighted by Crippen LogP contribution is 2.27. The predicted molar refractivity (Wildman–Crippen MR) is 136 cm³/mol. The Morgan fingerprint density at radius 3 is 2.29 bits per heavy atom. The van der Waals surface area contributed by atoms with Gasteiger partial charge >= 0.3 is 12.1 Å². The Morgan fingerprint density at radius 2 is 1.68 bits per heavy atom. The van der Waals surface area contributed by atoms with Crippen LogP contribution >= 0.6 is 0 Å². The van der Waals surface area contributed by atoms with Crippen molar-refractivity contribution in [1.29, 1.82) is 0 Å². The van der Waals surface area contributed by atoms with Crippen molar-refractivity contribution in [3.63, 3.8) is 0 Å². The zero-order valence-electron chi connectivity index (χ0n) is 22.4. The number of esters is 1. The molecule has 210 valence electrons. The van der Waals surface area contributed by atoms with Gasteiger partial charge in [-0.25, -0.2) is 4.79 Å². The largest absolute Gasteiger partial charge is 0.461 e. The number of amides is 4. The van der Waals surface area contributed by atoms with Crippen LogP contribution in [0.5, 0.6) is 0 Å². The Kier molecular flexibility index (Phi) is 11.1. The van der Waals surface area contributed by atoms with Gasteiger partial charge in [0.25, 0.3) is 0 Å². The van der Waals surface area contributed by atoms with Crippen LogP contribution in [0.3, 0.4) is 0 Å². The van der Waals surface area contributed by atoms with E-state index in [0.717, 1.165) is 5.56 Å². The zero-order chi connectivity index (χ0) is 28.5. The summed E-state index contributed by atoms with van der Waals surface area (Å²) < 4.78 is 16.0. The average Bonchev–Trinajstić information content (AvgIpc) is 3.55. The fourth-order valence-corrected chi connectivity index (χ4v) is 3.31. The maximum Gasteiger partial charge on any atom is 0.407 e. The number of carbonyl (C=O) groups excluding carboxylic acids is 5. The number of rotatable bonds is 13. The molecule has 1 aliphatic rings.